The van der Waals surface area contributed by atoms with Gasteiger partial charge in [-0.25, -0.2) is 14.6 Å². The van der Waals surface area contributed by atoms with Gasteiger partial charge in [0.15, 0.2) is 5.60 Å². The zero-order valence-electron chi connectivity index (χ0n) is 25.2. The molecule has 4 aliphatic heterocycles. The van der Waals surface area contributed by atoms with Crippen LogP contribution in [0, 0.1) is 0 Å². The molecule has 0 radical (unpaired) electrons. The van der Waals surface area contributed by atoms with E-state index in [1.165, 1.54) is 23.8 Å². The summed E-state index contributed by atoms with van der Waals surface area (Å²) in [7, 11) is 0. The number of cyclic esters (lactones) is 1. The third kappa shape index (κ3) is 4.52. The van der Waals surface area contributed by atoms with Crippen molar-refractivity contribution < 1.29 is 29.3 Å². The smallest absolute Gasteiger partial charge is 0.415 e. The summed E-state index contributed by atoms with van der Waals surface area (Å²) in [5.74, 6) is -0.552. The number of fused-ring (bicyclic) bond motifs is 5. The number of likely N-dealkylation sites (tertiary alicyclic amines) is 2. The number of amides is 1. The maximum atomic E-state index is 13.6. The summed E-state index contributed by atoms with van der Waals surface area (Å²) in [5.41, 5.74) is 0.864. The lowest BCUT2D eigenvalue weighted by Crippen LogP contribution is -2.48. The highest BCUT2D eigenvalue weighted by Crippen LogP contribution is 2.42. The maximum absolute atomic E-state index is 13.6. The van der Waals surface area contributed by atoms with Gasteiger partial charge in [0.05, 0.1) is 29.0 Å². The average molecular weight is 609 g/mol. The average Bonchev–Trinajstić information content (AvgIpc) is 3.41. The van der Waals surface area contributed by atoms with Crippen LogP contribution in [0.4, 0.5) is 4.79 Å². The lowest BCUT2D eigenvalue weighted by molar-refractivity contribution is -0.199. The predicted octanol–water partition coefficient (Wildman–Crippen LogP) is 3.58. The molecule has 2 fully saturated rings. The third-order valence-corrected chi connectivity index (χ3v) is 10.0. The highest BCUT2D eigenvalue weighted by Gasteiger charge is 2.48. The molecule has 6 heterocycles. The van der Waals surface area contributed by atoms with Crippen molar-refractivity contribution in [3.05, 3.63) is 56.9 Å². The molecule has 4 aliphatic rings. The summed E-state index contributed by atoms with van der Waals surface area (Å²) >= 11 is 0. The predicted molar refractivity (Wildman–Crippen MR) is 161 cm³/mol. The Morgan fingerprint density at radius 2 is 1.84 bits per heavy atom. The number of aliphatic hydroxyl groups is 2. The highest BCUT2D eigenvalue weighted by molar-refractivity contribution is 5.90. The largest absolute Gasteiger partial charge is 0.429 e. The molecule has 44 heavy (non-hydrogen) atoms. The standard InChI is InChI=1S/C33H38N4O7/c1-3-21-22-16-20(43-32(41)36-14-10-19(11-15-36)35-12-6-5-7-13-35)8-9-25(22)34-28-23(21)18-37-26(28)17-24-27(29(37)38)30(39)44-31(40)33(24,42)4-2/h8-9,16-17,19,30,39,42H,3-7,10-15,18H2,1-2H3/t30?,33-/m0/s1/i8+1,9+1,16+1,20+1,22+1,25+1. The molecule has 0 aliphatic carbocycles. The van der Waals surface area contributed by atoms with Crippen LogP contribution in [0.5, 0.6) is 5.75 Å². The lowest BCUT2D eigenvalue weighted by atomic mass is 9.85. The molecule has 0 bridgehead atoms. The summed E-state index contributed by atoms with van der Waals surface area (Å²) < 4.78 is 12.3. The van der Waals surface area contributed by atoms with Crippen LogP contribution in [0.15, 0.2) is 29.1 Å². The number of rotatable bonds is 4. The SMILES string of the molecule is CCc1c2c(n[13c]3[13cH][13cH][13c](OC(=O)N4CCC(N5CCCCC5)CC4)[13cH][13c]13)-c1cc3c(c(=O)n1C2)C(O)OC(=O)[C@]3(O)CC. The fourth-order valence-electron chi connectivity index (χ4n) is 7.52. The van der Waals surface area contributed by atoms with E-state index < -0.39 is 23.4 Å². The van der Waals surface area contributed by atoms with E-state index in [1.54, 1.807) is 24.0 Å². The van der Waals surface area contributed by atoms with Gasteiger partial charge in [0.2, 0.25) is 6.29 Å². The van der Waals surface area contributed by atoms with Gasteiger partial charge in [-0.05, 0) is 81.4 Å². The fourth-order valence-corrected chi connectivity index (χ4v) is 7.52. The Morgan fingerprint density at radius 3 is 2.55 bits per heavy atom. The van der Waals surface area contributed by atoms with E-state index in [4.69, 9.17) is 14.5 Å². The molecule has 1 unspecified atom stereocenters. The molecular weight excluding hydrogens is 570 g/mol. The van der Waals surface area contributed by atoms with Gasteiger partial charge in [0.1, 0.15) is 5.75 Å². The number of aryl methyl sites for hydroxylation is 1. The minimum Gasteiger partial charge on any atom is -0.429 e. The van der Waals surface area contributed by atoms with Crippen molar-refractivity contribution in [2.75, 3.05) is 26.2 Å². The molecule has 232 valence electrons. The molecule has 3 aromatic rings. The Kier molecular flexibility index (Phi) is 7.22. The number of aliphatic hydroxyl groups excluding tert-OH is 1. The monoisotopic (exact) mass is 608 g/mol. The topological polar surface area (TPSA) is 134 Å². The van der Waals surface area contributed by atoms with Gasteiger partial charge in [-0.2, -0.15) is 0 Å². The Hall–Kier alpha value is -3.80. The molecule has 0 saturated carbocycles. The van der Waals surface area contributed by atoms with Gasteiger partial charge >= 0.3 is 12.1 Å². The number of carbonyl (C=O) groups excluding carboxylic acids is 2. The number of carbonyl (C=O) groups is 2. The van der Waals surface area contributed by atoms with Gasteiger partial charge in [0.25, 0.3) is 5.56 Å². The number of hydrogen-bond donors (Lipinski definition) is 2. The summed E-state index contributed by atoms with van der Waals surface area (Å²) in [4.78, 5) is 48.6. The summed E-state index contributed by atoms with van der Waals surface area (Å²) in [5, 5.41) is 22.5. The molecule has 2 aromatic heterocycles. The number of benzene rings is 1. The number of pyridine rings is 2. The van der Waals surface area contributed by atoms with Crippen LogP contribution in [0.3, 0.4) is 0 Å². The zero-order valence-corrected chi connectivity index (χ0v) is 25.2. The second-order valence-corrected chi connectivity index (χ2v) is 12.4. The molecule has 1 aromatic carbocycles. The first-order valence-corrected chi connectivity index (χ1v) is 15.8. The van der Waals surface area contributed by atoms with Crippen LogP contribution in [-0.4, -0.2) is 73.8 Å². The van der Waals surface area contributed by atoms with E-state index >= 15 is 0 Å². The van der Waals surface area contributed by atoms with E-state index in [9.17, 15) is 24.6 Å². The molecule has 1 amide bonds. The Labute approximate surface area is 255 Å². The first-order valence-electron chi connectivity index (χ1n) is 15.8. The molecule has 11 nitrogen and oxygen atoms in total. The number of esters is 1. The van der Waals surface area contributed by atoms with Crippen molar-refractivity contribution in [2.45, 2.75) is 83.3 Å². The molecule has 2 saturated heterocycles. The van der Waals surface area contributed by atoms with Gasteiger partial charge in [-0.3, -0.25) is 4.79 Å². The first kappa shape index (κ1) is 28.9. The van der Waals surface area contributed by atoms with Gasteiger partial charge in [0, 0.05) is 35.6 Å². The zero-order chi connectivity index (χ0) is 30.7. The van der Waals surface area contributed by atoms with Crippen LogP contribution in [0.25, 0.3) is 22.3 Å². The second-order valence-electron chi connectivity index (χ2n) is 12.4. The van der Waals surface area contributed by atoms with Crippen LogP contribution >= 0.6 is 0 Å². The molecule has 2 atom stereocenters. The van der Waals surface area contributed by atoms with Crippen molar-refractivity contribution in [3.63, 3.8) is 0 Å². The maximum Gasteiger partial charge on any atom is 0.415 e. The summed E-state index contributed by atoms with van der Waals surface area (Å²) in [6.07, 6.45) is 4.24. The number of nitrogens with zero attached hydrogens (tertiary/aromatic N) is 4. The Bertz CT molecular complexity index is 1720. The van der Waals surface area contributed by atoms with Gasteiger partial charge in [-0.15, -0.1) is 0 Å². The van der Waals surface area contributed by atoms with Crippen molar-refractivity contribution in [1.82, 2.24) is 19.4 Å². The summed E-state index contributed by atoms with van der Waals surface area (Å²) in [6, 6.07) is 7.50. The van der Waals surface area contributed by atoms with E-state index in [0.29, 0.717) is 48.2 Å². The minimum absolute atomic E-state index is 0.0232. The Balaban J connectivity index is 1.18. The number of aromatic nitrogens is 2. The number of hydrogen-bond acceptors (Lipinski definition) is 9. The molecule has 11 heteroatoms. The highest BCUT2D eigenvalue weighted by atomic mass is 16.6. The van der Waals surface area contributed by atoms with E-state index in [2.05, 4.69) is 4.90 Å². The van der Waals surface area contributed by atoms with Crippen LogP contribution in [0.1, 0.15) is 80.9 Å². The second kappa shape index (κ2) is 11.0. The number of piperidine rings is 2. The molecule has 2 N–H and O–H groups in total. The third-order valence-electron chi connectivity index (χ3n) is 10.0. The molecular formula is C33H38N4O7. The van der Waals surface area contributed by atoms with E-state index in [0.717, 1.165) is 42.4 Å². The van der Waals surface area contributed by atoms with Gasteiger partial charge < -0.3 is 34.1 Å². The summed E-state index contributed by atoms with van der Waals surface area (Å²) in [6.45, 7) is 7.51. The van der Waals surface area contributed by atoms with Crippen LogP contribution in [-0.2, 0) is 28.1 Å². The van der Waals surface area contributed by atoms with Gasteiger partial charge in [-0.1, -0.05) is 20.3 Å². The van der Waals surface area contributed by atoms with E-state index in [1.807, 2.05) is 19.1 Å². The quantitative estimate of drug-likeness (QED) is 0.334. The minimum atomic E-state index is -2.04. The van der Waals surface area contributed by atoms with Crippen molar-refractivity contribution in [1.29, 1.82) is 0 Å². The van der Waals surface area contributed by atoms with Crippen LogP contribution < -0.4 is 10.3 Å². The first-order chi connectivity index (χ1) is 21.2. The van der Waals surface area contributed by atoms with Crippen molar-refractivity contribution in [3.8, 4) is 17.1 Å². The van der Waals surface area contributed by atoms with Crippen molar-refractivity contribution >= 4 is 23.0 Å². The van der Waals surface area contributed by atoms with Crippen LogP contribution in [0.2, 0.25) is 0 Å². The normalized spacial score (nSPS) is 23.7. The van der Waals surface area contributed by atoms with E-state index in [-0.39, 0.29) is 30.2 Å². The molecule has 7 rings (SSSR count). The lowest BCUT2D eigenvalue weighted by Gasteiger charge is -2.39. The van der Waals surface area contributed by atoms with Crippen molar-refractivity contribution in [2.24, 2.45) is 0 Å². The fraction of sp³-hybridized carbons (Fsp3) is 0.515. The molecule has 0 spiro atoms. The number of ether oxygens (including phenoxy) is 2. The Morgan fingerprint density at radius 1 is 1.09 bits per heavy atom.